The van der Waals surface area contributed by atoms with Gasteiger partial charge in [0.25, 0.3) is 0 Å². The highest BCUT2D eigenvalue weighted by atomic mass is 79.9. The number of hydrogen-bond donors (Lipinski definition) is 0. The number of fused-ring (bicyclic) bond motifs is 1. The van der Waals surface area contributed by atoms with Crippen molar-refractivity contribution in [3.05, 3.63) is 64.5 Å². The van der Waals surface area contributed by atoms with Crippen LogP contribution in [0.2, 0.25) is 0 Å². The minimum Gasteiger partial charge on any atom is -0.419 e. The Bertz CT molecular complexity index is 815. The average Bonchev–Trinajstić information content (AvgIpc) is 3.16. The predicted molar refractivity (Wildman–Crippen MR) is 88.6 cm³/mol. The third-order valence-corrected chi connectivity index (χ3v) is 4.57. The number of nitrogens with zero attached hydrogens (tertiary/aromatic N) is 3. The maximum absolute atomic E-state index is 5.83. The van der Waals surface area contributed by atoms with Gasteiger partial charge in [-0.15, -0.1) is 10.2 Å². The van der Waals surface area contributed by atoms with Crippen LogP contribution in [0.3, 0.4) is 0 Å². The van der Waals surface area contributed by atoms with Gasteiger partial charge in [-0.2, -0.15) is 0 Å². The third kappa shape index (κ3) is 2.41. The van der Waals surface area contributed by atoms with Crippen LogP contribution >= 0.6 is 15.9 Å². The minimum absolute atomic E-state index is 0.551. The van der Waals surface area contributed by atoms with E-state index in [4.69, 9.17) is 4.42 Å². The zero-order chi connectivity index (χ0) is 14.9. The molecule has 1 aliphatic rings. The van der Waals surface area contributed by atoms with Crippen LogP contribution in [0.1, 0.15) is 11.5 Å². The zero-order valence-electron chi connectivity index (χ0n) is 11.9. The molecule has 0 saturated carbocycles. The lowest BCUT2D eigenvalue weighted by Crippen LogP contribution is -2.19. The first-order valence-corrected chi connectivity index (χ1v) is 8.01. The molecular formula is C17H14BrN3O. The number of benzene rings is 2. The molecule has 0 unspecified atom stereocenters. The molecule has 2 aromatic carbocycles. The first kappa shape index (κ1) is 13.5. The molecule has 1 aromatic heterocycles. The summed E-state index contributed by atoms with van der Waals surface area (Å²) in [6.07, 6.45) is 1.07. The quantitative estimate of drug-likeness (QED) is 0.710. The molecule has 1 aliphatic heterocycles. The Hall–Kier alpha value is -2.14. The van der Waals surface area contributed by atoms with Gasteiger partial charge in [-0.1, -0.05) is 30.3 Å². The second-order valence-electron chi connectivity index (χ2n) is 5.28. The fourth-order valence-electron chi connectivity index (χ4n) is 2.80. The second kappa shape index (κ2) is 5.57. The number of rotatable bonds is 3. The van der Waals surface area contributed by atoms with E-state index < -0.39 is 0 Å². The van der Waals surface area contributed by atoms with Gasteiger partial charge in [0, 0.05) is 16.7 Å². The molecule has 5 heteroatoms. The number of hydrogen-bond acceptors (Lipinski definition) is 4. The van der Waals surface area contributed by atoms with Crippen molar-refractivity contribution >= 4 is 21.6 Å². The Kier molecular flexibility index (Phi) is 3.42. The summed E-state index contributed by atoms with van der Waals surface area (Å²) in [6.45, 7) is 1.64. The highest BCUT2D eigenvalue weighted by Crippen LogP contribution is 2.30. The molecule has 0 N–H and O–H groups in total. The molecule has 22 heavy (non-hydrogen) atoms. The molecule has 0 bridgehead atoms. The Morgan fingerprint density at radius 1 is 1.05 bits per heavy atom. The summed E-state index contributed by atoms with van der Waals surface area (Å²) >= 11 is 3.51. The molecule has 0 radical (unpaired) electrons. The Morgan fingerprint density at radius 2 is 1.86 bits per heavy atom. The van der Waals surface area contributed by atoms with E-state index in [1.165, 1.54) is 11.3 Å². The minimum atomic E-state index is 0.551. The summed E-state index contributed by atoms with van der Waals surface area (Å²) < 4.78 is 6.79. The van der Waals surface area contributed by atoms with Crippen molar-refractivity contribution in [2.75, 3.05) is 11.4 Å². The van der Waals surface area contributed by atoms with Crippen LogP contribution in [0.25, 0.3) is 11.5 Å². The maximum Gasteiger partial charge on any atom is 0.248 e. The maximum atomic E-state index is 5.83. The topological polar surface area (TPSA) is 42.2 Å². The summed E-state index contributed by atoms with van der Waals surface area (Å²) in [6, 6.07) is 16.3. The van der Waals surface area contributed by atoms with Crippen LogP contribution in [0.4, 0.5) is 5.69 Å². The van der Waals surface area contributed by atoms with Crippen molar-refractivity contribution in [3.63, 3.8) is 0 Å². The number of aromatic nitrogens is 2. The highest BCUT2D eigenvalue weighted by Gasteiger charge is 2.21. The van der Waals surface area contributed by atoms with Crippen LogP contribution in [0, 0.1) is 0 Å². The van der Waals surface area contributed by atoms with Crippen molar-refractivity contribution in [2.45, 2.75) is 13.0 Å². The highest BCUT2D eigenvalue weighted by molar-refractivity contribution is 9.10. The third-order valence-electron chi connectivity index (χ3n) is 3.88. The molecule has 110 valence electrons. The fourth-order valence-corrected chi connectivity index (χ4v) is 3.25. The Balaban J connectivity index is 1.58. The van der Waals surface area contributed by atoms with E-state index in [0.29, 0.717) is 18.3 Å². The first-order chi connectivity index (χ1) is 10.8. The van der Waals surface area contributed by atoms with Crippen molar-refractivity contribution in [1.29, 1.82) is 0 Å². The van der Waals surface area contributed by atoms with E-state index in [2.05, 4.69) is 55.3 Å². The molecule has 2 heterocycles. The first-order valence-electron chi connectivity index (χ1n) is 7.21. The summed E-state index contributed by atoms with van der Waals surface area (Å²) in [7, 11) is 0. The van der Waals surface area contributed by atoms with E-state index in [1.807, 2.05) is 24.3 Å². The van der Waals surface area contributed by atoms with Crippen molar-refractivity contribution in [1.82, 2.24) is 10.2 Å². The largest absolute Gasteiger partial charge is 0.419 e. The Morgan fingerprint density at radius 3 is 2.77 bits per heavy atom. The predicted octanol–water partition coefficient (Wildman–Crippen LogP) is 4.06. The van der Waals surface area contributed by atoms with Crippen LogP contribution in [-0.4, -0.2) is 16.7 Å². The number of halogens is 1. The molecule has 0 fully saturated rings. The van der Waals surface area contributed by atoms with Gasteiger partial charge in [0.05, 0.1) is 12.1 Å². The van der Waals surface area contributed by atoms with E-state index in [0.717, 1.165) is 23.0 Å². The molecule has 0 aliphatic carbocycles. The van der Waals surface area contributed by atoms with Gasteiger partial charge >= 0.3 is 0 Å². The molecule has 0 spiro atoms. The zero-order valence-corrected chi connectivity index (χ0v) is 13.5. The summed E-state index contributed by atoms with van der Waals surface area (Å²) in [4.78, 5) is 2.28. The van der Waals surface area contributed by atoms with Crippen LogP contribution in [0.15, 0.2) is 57.4 Å². The van der Waals surface area contributed by atoms with Gasteiger partial charge in [-0.25, -0.2) is 0 Å². The number of para-hydroxylation sites is 1. The molecule has 3 aromatic rings. The summed E-state index contributed by atoms with van der Waals surface area (Å²) in [5.41, 5.74) is 3.57. The van der Waals surface area contributed by atoms with E-state index in [-0.39, 0.29) is 0 Å². The molecule has 0 amide bonds. The van der Waals surface area contributed by atoms with Gasteiger partial charge in [0.15, 0.2) is 0 Å². The summed E-state index contributed by atoms with van der Waals surface area (Å²) in [5, 5.41) is 8.36. The van der Waals surface area contributed by atoms with E-state index >= 15 is 0 Å². The van der Waals surface area contributed by atoms with Crippen LogP contribution < -0.4 is 4.90 Å². The van der Waals surface area contributed by atoms with Gasteiger partial charge in [0.1, 0.15) is 0 Å². The van der Waals surface area contributed by atoms with Gasteiger partial charge in [-0.05, 0) is 46.1 Å². The van der Waals surface area contributed by atoms with E-state index in [1.54, 1.807) is 0 Å². The van der Waals surface area contributed by atoms with Crippen LogP contribution in [0.5, 0.6) is 0 Å². The van der Waals surface area contributed by atoms with Crippen LogP contribution in [-0.2, 0) is 13.0 Å². The standard InChI is InChI=1S/C17H14BrN3O/c18-14-7-3-2-6-13(14)17-20-19-16(22-17)11-21-10-9-12-5-1-4-8-15(12)21/h1-8H,9-11H2. The number of anilines is 1. The van der Waals surface area contributed by atoms with Gasteiger partial charge in [-0.3, -0.25) is 0 Å². The second-order valence-corrected chi connectivity index (χ2v) is 6.14. The fraction of sp³-hybridized carbons (Fsp3) is 0.176. The SMILES string of the molecule is Brc1ccccc1-c1nnc(CN2CCc3ccccc32)o1. The lowest BCUT2D eigenvalue weighted by molar-refractivity contribution is 0.500. The van der Waals surface area contributed by atoms with Crippen molar-refractivity contribution in [3.8, 4) is 11.5 Å². The molecule has 0 saturated heterocycles. The normalized spacial score (nSPS) is 13.4. The molecular weight excluding hydrogens is 342 g/mol. The molecule has 4 rings (SSSR count). The van der Waals surface area contributed by atoms with E-state index in [9.17, 15) is 0 Å². The monoisotopic (exact) mass is 355 g/mol. The lowest BCUT2D eigenvalue weighted by atomic mass is 10.2. The lowest BCUT2D eigenvalue weighted by Gasteiger charge is -2.16. The molecule has 0 atom stereocenters. The Labute approximate surface area is 136 Å². The smallest absolute Gasteiger partial charge is 0.248 e. The average molecular weight is 356 g/mol. The summed E-state index contributed by atoms with van der Waals surface area (Å²) in [5.74, 6) is 1.19. The van der Waals surface area contributed by atoms with Gasteiger partial charge in [0.2, 0.25) is 11.8 Å². The molecule has 4 nitrogen and oxygen atoms in total. The van der Waals surface area contributed by atoms with Gasteiger partial charge < -0.3 is 9.32 Å². The van der Waals surface area contributed by atoms with Crippen molar-refractivity contribution < 1.29 is 4.42 Å². The van der Waals surface area contributed by atoms with Crippen molar-refractivity contribution in [2.24, 2.45) is 0 Å².